The van der Waals surface area contributed by atoms with Crippen molar-refractivity contribution in [2.45, 2.75) is 39.2 Å². The van der Waals surface area contributed by atoms with Crippen molar-refractivity contribution >= 4 is 5.69 Å². The van der Waals surface area contributed by atoms with E-state index in [0.717, 1.165) is 26.4 Å². The number of rotatable bonds is 3. The van der Waals surface area contributed by atoms with Crippen LogP contribution < -0.4 is 4.74 Å². The highest BCUT2D eigenvalue weighted by atomic mass is 16.6. The molecule has 0 radical (unpaired) electrons. The molecule has 1 aliphatic rings. The molecule has 0 aromatic carbocycles. The molecule has 1 fully saturated rings. The van der Waals surface area contributed by atoms with Gasteiger partial charge in [-0.25, -0.2) is 4.98 Å². The minimum atomic E-state index is -0.471. The first-order chi connectivity index (χ1) is 8.77. The Balaban J connectivity index is 0.000000659. The number of aliphatic hydroxyl groups is 1. The van der Waals surface area contributed by atoms with Crippen molar-refractivity contribution in [1.82, 2.24) is 4.98 Å². The summed E-state index contributed by atoms with van der Waals surface area (Å²) in [6, 6.07) is 2.94. The van der Waals surface area contributed by atoms with Gasteiger partial charge in [0.25, 0.3) is 5.88 Å². The highest BCUT2D eigenvalue weighted by molar-refractivity contribution is 5.39. The van der Waals surface area contributed by atoms with Crippen LogP contribution >= 0.6 is 0 Å². The van der Waals surface area contributed by atoms with E-state index in [1.54, 1.807) is 0 Å². The van der Waals surface area contributed by atoms with E-state index in [1.807, 2.05) is 13.8 Å². The summed E-state index contributed by atoms with van der Waals surface area (Å²) in [5, 5.41) is 17.6. The van der Waals surface area contributed by atoms with Crippen LogP contribution in [0.15, 0.2) is 18.3 Å². The topological polar surface area (TPSA) is 85.5 Å². The van der Waals surface area contributed by atoms with E-state index in [9.17, 15) is 10.1 Å². The Kier molecular flexibility index (Phi) is 8.47. The fourth-order valence-corrected chi connectivity index (χ4v) is 1.26. The summed E-state index contributed by atoms with van der Waals surface area (Å²) >= 11 is 0. The number of hydrogen-bond acceptors (Lipinski definition) is 5. The minimum absolute atomic E-state index is 0.0561. The van der Waals surface area contributed by atoms with Crippen LogP contribution in [0.4, 0.5) is 5.69 Å². The Morgan fingerprint density at radius 1 is 1.44 bits per heavy atom. The van der Waals surface area contributed by atoms with E-state index in [4.69, 9.17) is 9.84 Å². The molecule has 1 N–H and O–H groups in total. The first-order valence-corrected chi connectivity index (χ1v) is 5.98. The fourth-order valence-electron chi connectivity index (χ4n) is 1.26. The molecule has 0 saturated heterocycles. The van der Waals surface area contributed by atoms with Crippen LogP contribution in [0.3, 0.4) is 0 Å². The van der Waals surface area contributed by atoms with Gasteiger partial charge in [-0.3, -0.25) is 10.1 Å². The van der Waals surface area contributed by atoms with Crippen molar-refractivity contribution in [3.8, 4) is 5.88 Å². The SMILES string of the molecule is CC.CO.O=[N+]([O-])c1cccnc1OC1CCC1. The van der Waals surface area contributed by atoms with Gasteiger partial charge in [0, 0.05) is 19.4 Å². The lowest BCUT2D eigenvalue weighted by Gasteiger charge is -2.25. The molecule has 6 heteroatoms. The number of aliphatic hydroxyl groups excluding tert-OH is 1. The second-order valence-corrected chi connectivity index (χ2v) is 3.26. The van der Waals surface area contributed by atoms with Gasteiger partial charge in [-0.05, 0) is 25.3 Å². The van der Waals surface area contributed by atoms with Crippen LogP contribution in [-0.4, -0.2) is 28.2 Å². The van der Waals surface area contributed by atoms with E-state index < -0.39 is 4.92 Å². The van der Waals surface area contributed by atoms with Crippen molar-refractivity contribution in [2.75, 3.05) is 7.11 Å². The summed E-state index contributed by atoms with van der Waals surface area (Å²) in [7, 11) is 1.00. The third kappa shape index (κ3) is 4.67. The first kappa shape index (κ1) is 16.3. The predicted molar refractivity (Wildman–Crippen MR) is 68.6 cm³/mol. The van der Waals surface area contributed by atoms with Crippen LogP contribution in [0, 0.1) is 10.1 Å². The lowest BCUT2D eigenvalue weighted by molar-refractivity contribution is -0.386. The monoisotopic (exact) mass is 256 g/mol. The van der Waals surface area contributed by atoms with Gasteiger partial charge in [0.1, 0.15) is 6.10 Å². The molecule has 0 spiro atoms. The Labute approximate surface area is 107 Å². The maximum Gasteiger partial charge on any atom is 0.330 e. The third-order valence-corrected chi connectivity index (χ3v) is 2.28. The molecule has 18 heavy (non-hydrogen) atoms. The lowest BCUT2D eigenvalue weighted by Crippen LogP contribution is -2.25. The number of hydrogen-bond donors (Lipinski definition) is 1. The third-order valence-electron chi connectivity index (χ3n) is 2.28. The highest BCUT2D eigenvalue weighted by Gasteiger charge is 2.24. The first-order valence-electron chi connectivity index (χ1n) is 5.98. The molecule has 2 rings (SSSR count). The number of aromatic nitrogens is 1. The van der Waals surface area contributed by atoms with E-state index in [1.165, 1.54) is 18.3 Å². The predicted octanol–water partition coefficient (Wildman–Crippen LogP) is 2.56. The summed E-state index contributed by atoms with van der Waals surface area (Å²) in [5.74, 6) is 0.141. The number of nitrogens with zero attached hydrogens (tertiary/aromatic N) is 2. The average Bonchev–Trinajstić information content (AvgIpc) is 2.39. The van der Waals surface area contributed by atoms with E-state index >= 15 is 0 Å². The van der Waals surface area contributed by atoms with Crippen molar-refractivity contribution in [2.24, 2.45) is 0 Å². The molecule has 1 aromatic heterocycles. The molecule has 6 nitrogen and oxygen atoms in total. The van der Waals surface area contributed by atoms with Gasteiger partial charge in [-0.15, -0.1) is 0 Å². The van der Waals surface area contributed by atoms with Gasteiger partial charge in [-0.2, -0.15) is 0 Å². The van der Waals surface area contributed by atoms with Crippen molar-refractivity contribution in [3.63, 3.8) is 0 Å². The Morgan fingerprint density at radius 2 is 2.06 bits per heavy atom. The number of nitro groups is 1. The van der Waals surface area contributed by atoms with Crippen molar-refractivity contribution in [3.05, 3.63) is 28.4 Å². The van der Waals surface area contributed by atoms with Gasteiger partial charge in [0.15, 0.2) is 0 Å². The molecule has 1 saturated carbocycles. The summed E-state index contributed by atoms with van der Waals surface area (Å²) in [6.07, 6.45) is 4.68. The van der Waals surface area contributed by atoms with Crippen molar-refractivity contribution in [1.29, 1.82) is 0 Å². The van der Waals surface area contributed by atoms with Gasteiger partial charge in [0.05, 0.1) is 4.92 Å². The van der Waals surface area contributed by atoms with Crippen LogP contribution in [0.2, 0.25) is 0 Å². The minimum Gasteiger partial charge on any atom is -0.469 e. The number of ether oxygens (including phenoxy) is 1. The summed E-state index contributed by atoms with van der Waals surface area (Å²) in [6.45, 7) is 4.00. The normalized spacial score (nSPS) is 13.1. The lowest BCUT2D eigenvalue weighted by atomic mass is 9.96. The molecule has 0 atom stereocenters. The maximum atomic E-state index is 10.6. The molecule has 0 unspecified atom stereocenters. The fraction of sp³-hybridized carbons (Fsp3) is 0.583. The van der Waals surface area contributed by atoms with Gasteiger partial charge in [-0.1, -0.05) is 13.8 Å². The second-order valence-electron chi connectivity index (χ2n) is 3.26. The second kappa shape index (κ2) is 9.35. The molecular weight excluding hydrogens is 236 g/mol. The van der Waals surface area contributed by atoms with Crippen LogP contribution in [0.5, 0.6) is 5.88 Å². The molecule has 0 bridgehead atoms. The Morgan fingerprint density at radius 3 is 2.50 bits per heavy atom. The van der Waals surface area contributed by atoms with E-state index in [2.05, 4.69) is 4.98 Å². The van der Waals surface area contributed by atoms with Gasteiger partial charge in [0.2, 0.25) is 0 Å². The smallest absolute Gasteiger partial charge is 0.330 e. The molecule has 0 amide bonds. The molecule has 102 valence electrons. The Hall–Kier alpha value is -1.69. The summed E-state index contributed by atoms with van der Waals surface area (Å²) < 4.78 is 5.39. The molecule has 1 aromatic rings. The van der Waals surface area contributed by atoms with E-state index in [0.29, 0.717) is 0 Å². The van der Waals surface area contributed by atoms with Crippen molar-refractivity contribution < 1.29 is 14.8 Å². The molecule has 1 aliphatic carbocycles. The summed E-state index contributed by atoms with van der Waals surface area (Å²) in [5.41, 5.74) is -0.0561. The van der Waals surface area contributed by atoms with Crippen LogP contribution in [0.25, 0.3) is 0 Å². The zero-order valence-corrected chi connectivity index (χ0v) is 11.0. The zero-order chi connectivity index (χ0) is 14.0. The molecule has 1 heterocycles. The van der Waals surface area contributed by atoms with Crippen LogP contribution in [-0.2, 0) is 0 Å². The highest BCUT2D eigenvalue weighted by Crippen LogP contribution is 2.29. The standard InChI is InChI=1S/C9H10N2O3.C2H6.CH4O/c12-11(13)8-5-2-6-10-9(8)14-7-3-1-4-7;2*1-2/h2,5-7H,1,3-4H2;1-2H3;2H,1H3. The average molecular weight is 256 g/mol. The molecule has 0 aliphatic heterocycles. The van der Waals surface area contributed by atoms with Crippen LogP contribution in [0.1, 0.15) is 33.1 Å². The van der Waals surface area contributed by atoms with E-state index in [-0.39, 0.29) is 17.7 Å². The number of pyridine rings is 1. The zero-order valence-electron chi connectivity index (χ0n) is 11.0. The quantitative estimate of drug-likeness (QED) is 0.663. The maximum absolute atomic E-state index is 10.6. The molecular formula is C12H20N2O4. The Bertz CT molecular complexity index is 354. The largest absolute Gasteiger partial charge is 0.469 e. The van der Waals surface area contributed by atoms with Gasteiger partial charge >= 0.3 is 5.69 Å². The summed E-state index contributed by atoms with van der Waals surface area (Å²) in [4.78, 5) is 14.0. The van der Waals surface area contributed by atoms with Gasteiger partial charge < -0.3 is 9.84 Å².